The van der Waals surface area contributed by atoms with Crippen molar-refractivity contribution < 1.29 is 18.4 Å². The van der Waals surface area contributed by atoms with E-state index in [1.54, 1.807) is 17.0 Å². The summed E-state index contributed by atoms with van der Waals surface area (Å²) in [5, 5.41) is 0. The number of carbonyl (C=O) groups excluding carboxylic acids is 2. The van der Waals surface area contributed by atoms with Crippen LogP contribution in [0.2, 0.25) is 0 Å². The maximum atomic E-state index is 13.2. The minimum atomic E-state index is -0.376. The highest BCUT2D eigenvalue weighted by atomic mass is 19.1. The highest BCUT2D eigenvalue weighted by molar-refractivity contribution is 5.94. The van der Waals surface area contributed by atoms with E-state index in [-0.39, 0.29) is 29.4 Å². The van der Waals surface area contributed by atoms with Crippen molar-refractivity contribution in [3.63, 3.8) is 0 Å². The molecule has 0 bridgehead atoms. The van der Waals surface area contributed by atoms with E-state index in [0.29, 0.717) is 38.3 Å². The van der Waals surface area contributed by atoms with Crippen LogP contribution in [0.25, 0.3) is 0 Å². The van der Waals surface area contributed by atoms with Crippen LogP contribution in [0.15, 0.2) is 48.5 Å². The summed E-state index contributed by atoms with van der Waals surface area (Å²) in [4.78, 5) is 31.8. The van der Waals surface area contributed by atoms with Crippen molar-refractivity contribution in [2.45, 2.75) is 19.3 Å². The van der Waals surface area contributed by atoms with Gasteiger partial charge in [0.1, 0.15) is 11.6 Å². The number of nitrogens with zero attached hydrogens (tertiary/aromatic N) is 3. The molecular weight excluding hydrogens is 400 g/mol. The number of amides is 2. The summed E-state index contributed by atoms with van der Waals surface area (Å²) in [5.74, 6) is -0.907. The Morgan fingerprint density at radius 3 is 2.10 bits per heavy atom. The number of halogens is 2. The molecule has 5 nitrogen and oxygen atoms in total. The van der Waals surface area contributed by atoms with Gasteiger partial charge in [-0.3, -0.25) is 9.59 Å². The van der Waals surface area contributed by atoms with Gasteiger partial charge in [0.15, 0.2) is 0 Å². The first-order valence-corrected chi connectivity index (χ1v) is 10.9. The van der Waals surface area contributed by atoms with Crippen molar-refractivity contribution in [2.75, 3.05) is 44.2 Å². The maximum Gasteiger partial charge on any atom is 0.253 e. The minimum Gasteiger partial charge on any atom is -0.370 e. The molecule has 31 heavy (non-hydrogen) atoms. The van der Waals surface area contributed by atoms with Crippen LogP contribution >= 0.6 is 0 Å². The van der Waals surface area contributed by atoms with E-state index in [1.165, 1.54) is 36.4 Å². The van der Waals surface area contributed by atoms with Crippen LogP contribution in [0.5, 0.6) is 0 Å². The number of piperidine rings is 1. The Hall–Kier alpha value is -2.96. The molecule has 0 radical (unpaired) electrons. The van der Waals surface area contributed by atoms with Gasteiger partial charge in [0.2, 0.25) is 5.91 Å². The fourth-order valence-electron chi connectivity index (χ4n) is 4.44. The molecule has 2 aromatic carbocycles. The van der Waals surface area contributed by atoms with Gasteiger partial charge in [-0.15, -0.1) is 0 Å². The average molecular weight is 427 g/mol. The summed E-state index contributed by atoms with van der Waals surface area (Å²) in [5.41, 5.74) is 1.41. The van der Waals surface area contributed by atoms with E-state index in [1.807, 2.05) is 4.90 Å². The molecule has 4 rings (SSSR count). The van der Waals surface area contributed by atoms with Crippen LogP contribution < -0.4 is 4.90 Å². The van der Waals surface area contributed by atoms with Crippen molar-refractivity contribution in [2.24, 2.45) is 5.92 Å². The fraction of sp³-hybridized carbons (Fsp3) is 0.417. The summed E-state index contributed by atoms with van der Waals surface area (Å²) < 4.78 is 26.4. The number of benzene rings is 2. The van der Waals surface area contributed by atoms with Gasteiger partial charge in [0.05, 0.1) is 5.92 Å². The molecule has 0 aromatic heterocycles. The summed E-state index contributed by atoms with van der Waals surface area (Å²) >= 11 is 0. The van der Waals surface area contributed by atoms with Crippen LogP contribution in [0.3, 0.4) is 0 Å². The number of anilines is 1. The van der Waals surface area contributed by atoms with E-state index in [9.17, 15) is 18.4 Å². The number of likely N-dealkylation sites (tertiary alicyclic amines) is 1. The Bertz CT molecular complexity index is 917. The average Bonchev–Trinajstić information content (AvgIpc) is 3.05. The SMILES string of the molecule is O=C(c1ccc(F)cc1)N1CCCC(C(=O)N2CCCN(c3ccc(F)cc3)CC2)C1. The first kappa shape index (κ1) is 21.3. The Balaban J connectivity index is 1.36. The molecule has 1 atom stereocenters. The summed E-state index contributed by atoms with van der Waals surface area (Å²) in [7, 11) is 0. The van der Waals surface area contributed by atoms with E-state index < -0.39 is 0 Å². The third-order valence-corrected chi connectivity index (χ3v) is 6.15. The van der Waals surface area contributed by atoms with Crippen LogP contribution in [0, 0.1) is 17.6 Å². The van der Waals surface area contributed by atoms with Gasteiger partial charge in [0.25, 0.3) is 5.91 Å². The highest BCUT2D eigenvalue weighted by Gasteiger charge is 2.32. The lowest BCUT2D eigenvalue weighted by Gasteiger charge is -2.35. The van der Waals surface area contributed by atoms with E-state index >= 15 is 0 Å². The molecule has 164 valence electrons. The second kappa shape index (κ2) is 9.45. The molecule has 2 aliphatic rings. The lowest BCUT2D eigenvalue weighted by Crippen LogP contribution is -2.47. The second-order valence-electron chi connectivity index (χ2n) is 8.24. The van der Waals surface area contributed by atoms with E-state index in [2.05, 4.69) is 4.90 Å². The molecule has 0 saturated carbocycles. The van der Waals surface area contributed by atoms with Crippen molar-refractivity contribution >= 4 is 17.5 Å². The largest absolute Gasteiger partial charge is 0.370 e. The third kappa shape index (κ3) is 5.03. The summed E-state index contributed by atoms with van der Waals surface area (Å²) in [6.45, 7) is 3.81. The van der Waals surface area contributed by atoms with Gasteiger partial charge in [0, 0.05) is 50.5 Å². The first-order chi connectivity index (χ1) is 15.0. The van der Waals surface area contributed by atoms with Crippen LogP contribution in [-0.4, -0.2) is 60.9 Å². The Morgan fingerprint density at radius 2 is 1.39 bits per heavy atom. The van der Waals surface area contributed by atoms with Crippen LogP contribution in [0.4, 0.5) is 14.5 Å². The summed E-state index contributed by atoms with van der Waals surface area (Å²) in [6, 6.07) is 12.0. The fourth-order valence-corrected chi connectivity index (χ4v) is 4.44. The van der Waals surface area contributed by atoms with Crippen LogP contribution in [0.1, 0.15) is 29.6 Å². The van der Waals surface area contributed by atoms with Crippen LogP contribution in [-0.2, 0) is 4.79 Å². The Labute approximate surface area is 181 Å². The third-order valence-electron chi connectivity index (χ3n) is 6.15. The number of hydrogen-bond acceptors (Lipinski definition) is 3. The topological polar surface area (TPSA) is 43.9 Å². The molecular formula is C24H27F2N3O2. The zero-order valence-electron chi connectivity index (χ0n) is 17.5. The van der Waals surface area contributed by atoms with Gasteiger partial charge in [-0.1, -0.05) is 0 Å². The number of carbonyl (C=O) groups is 2. The predicted molar refractivity (Wildman–Crippen MR) is 115 cm³/mol. The second-order valence-corrected chi connectivity index (χ2v) is 8.24. The molecule has 2 saturated heterocycles. The first-order valence-electron chi connectivity index (χ1n) is 10.9. The van der Waals surface area contributed by atoms with Gasteiger partial charge in [-0.05, 0) is 67.8 Å². The van der Waals surface area contributed by atoms with Crippen molar-refractivity contribution in [1.82, 2.24) is 9.80 Å². The Morgan fingerprint density at radius 1 is 0.742 bits per heavy atom. The molecule has 7 heteroatoms. The lowest BCUT2D eigenvalue weighted by atomic mass is 9.95. The zero-order chi connectivity index (χ0) is 21.8. The number of rotatable bonds is 3. The predicted octanol–water partition coefficient (Wildman–Crippen LogP) is 3.56. The van der Waals surface area contributed by atoms with Gasteiger partial charge >= 0.3 is 0 Å². The molecule has 0 N–H and O–H groups in total. The van der Waals surface area contributed by atoms with Gasteiger partial charge in [-0.2, -0.15) is 0 Å². The Kier molecular flexibility index (Phi) is 6.49. The monoisotopic (exact) mass is 427 g/mol. The van der Waals surface area contributed by atoms with E-state index in [0.717, 1.165) is 31.5 Å². The molecule has 2 fully saturated rings. The van der Waals surface area contributed by atoms with Gasteiger partial charge < -0.3 is 14.7 Å². The minimum absolute atomic E-state index is 0.0950. The lowest BCUT2D eigenvalue weighted by molar-refractivity contribution is -0.136. The maximum absolute atomic E-state index is 13.2. The molecule has 0 spiro atoms. The van der Waals surface area contributed by atoms with Crippen molar-refractivity contribution in [3.8, 4) is 0 Å². The van der Waals surface area contributed by atoms with Crippen molar-refractivity contribution in [1.29, 1.82) is 0 Å². The van der Waals surface area contributed by atoms with Gasteiger partial charge in [-0.25, -0.2) is 8.78 Å². The smallest absolute Gasteiger partial charge is 0.253 e. The molecule has 2 aromatic rings. The number of hydrogen-bond donors (Lipinski definition) is 0. The quantitative estimate of drug-likeness (QED) is 0.753. The highest BCUT2D eigenvalue weighted by Crippen LogP contribution is 2.23. The van der Waals surface area contributed by atoms with E-state index in [4.69, 9.17) is 0 Å². The molecule has 2 amide bonds. The summed E-state index contributed by atoms with van der Waals surface area (Å²) in [6.07, 6.45) is 2.39. The molecule has 0 aliphatic carbocycles. The molecule has 1 unspecified atom stereocenters. The standard InChI is InChI=1S/C24H27F2N3O2/c25-20-6-4-18(5-7-20)23(30)29-12-1-3-19(17-29)24(31)28-14-2-13-27(15-16-28)22-10-8-21(26)9-11-22/h4-11,19H,1-3,12-17H2. The van der Waals surface area contributed by atoms with Crippen molar-refractivity contribution in [3.05, 3.63) is 65.7 Å². The molecule has 2 heterocycles. The molecule has 2 aliphatic heterocycles. The normalized spacial score (nSPS) is 19.8. The zero-order valence-corrected chi connectivity index (χ0v) is 17.5.